The van der Waals surface area contributed by atoms with Gasteiger partial charge in [0.15, 0.2) is 0 Å². The molecule has 0 aliphatic carbocycles. The van der Waals surface area contributed by atoms with Crippen molar-refractivity contribution < 1.29 is 14.3 Å². The number of rotatable bonds is 8. The topological polar surface area (TPSA) is 58.6 Å². The van der Waals surface area contributed by atoms with Crippen LogP contribution in [0.25, 0.3) is 0 Å². The number of carbonyl (C=O) groups excluding carboxylic acids is 2. The zero-order chi connectivity index (χ0) is 22.3. The molecule has 2 aromatic rings. The summed E-state index contributed by atoms with van der Waals surface area (Å²) in [5, 5.41) is 3.03. The second kappa shape index (κ2) is 10.3. The van der Waals surface area contributed by atoms with Gasteiger partial charge < -0.3 is 15.0 Å². The zero-order valence-electron chi connectivity index (χ0n) is 19.0. The molecule has 30 heavy (non-hydrogen) atoms. The fraction of sp³-hybridized carbons (Fsp3) is 0.440. The Kier molecular flexibility index (Phi) is 8.04. The molecule has 0 radical (unpaired) electrons. The summed E-state index contributed by atoms with van der Waals surface area (Å²) < 4.78 is 5.23. The third kappa shape index (κ3) is 6.90. The summed E-state index contributed by atoms with van der Waals surface area (Å²) in [6, 6.07) is 15.0. The monoisotopic (exact) mass is 410 g/mol. The third-order valence-corrected chi connectivity index (χ3v) is 4.83. The average molecular weight is 411 g/mol. The Morgan fingerprint density at radius 1 is 1.07 bits per heavy atom. The third-order valence-electron chi connectivity index (χ3n) is 4.83. The highest BCUT2D eigenvalue weighted by atomic mass is 16.5. The smallest absolute Gasteiger partial charge is 0.243 e. The number of benzene rings is 2. The number of ether oxygens (including phenoxy) is 1. The maximum Gasteiger partial charge on any atom is 0.243 e. The Labute approximate surface area is 180 Å². The Morgan fingerprint density at radius 2 is 1.73 bits per heavy atom. The van der Waals surface area contributed by atoms with Gasteiger partial charge >= 0.3 is 0 Å². The highest BCUT2D eigenvalue weighted by Crippen LogP contribution is 2.18. The summed E-state index contributed by atoms with van der Waals surface area (Å²) in [4.78, 5) is 28.1. The van der Waals surface area contributed by atoms with Gasteiger partial charge in [-0.05, 0) is 57.4 Å². The maximum absolute atomic E-state index is 13.3. The minimum absolute atomic E-state index is 0.0627. The van der Waals surface area contributed by atoms with Gasteiger partial charge in [-0.15, -0.1) is 0 Å². The van der Waals surface area contributed by atoms with Crippen molar-refractivity contribution in [2.45, 2.75) is 65.6 Å². The zero-order valence-corrected chi connectivity index (χ0v) is 19.0. The van der Waals surface area contributed by atoms with Crippen LogP contribution in [0, 0.1) is 6.92 Å². The van der Waals surface area contributed by atoms with Crippen molar-refractivity contribution in [2.24, 2.45) is 0 Å². The van der Waals surface area contributed by atoms with Crippen LogP contribution in [-0.2, 0) is 22.6 Å². The summed E-state index contributed by atoms with van der Waals surface area (Å²) in [7, 11) is 1.62. The molecule has 0 aliphatic heterocycles. The highest BCUT2D eigenvalue weighted by Gasteiger charge is 2.30. The van der Waals surface area contributed by atoms with E-state index in [1.807, 2.05) is 83.1 Å². The largest absolute Gasteiger partial charge is 0.497 e. The molecule has 0 aromatic heterocycles. The lowest BCUT2D eigenvalue weighted by atomic mass is 10.0. The molecule has 5 nitrogen and oxygen atoms in total. The van der Waals surface area contributed by atoms with Crippen molar-refractivity contribution in [2.75, 3.05) is 7.11 Å². The molecule has 0 bridgehead atoms. The van der Waals surface area contributed by atoms with Crippen molar-refractivity contribution in [1.82, 2.24) is 10.2 Å². The molecule has 5 heteroatoms. The summed E-state index contributed by atoms with van der Waals surface area (Å²) >= 11 is 0. The first-order valence-electron chi connectivity index (χ1n) is 10.4. The number of amides is 2. The van der Waals surface area contributed by atoms with Gasteiger partial charge in [-0.1, -0.05) is 48.9 Å². The molecule has 0 unspecified atom stereocenters. The van der Waals surface area contributed by atoms with Gasteiger partial charge in [-0.25, -0.2) is 0 Å². The molecule has 1 atom stereocenters. The molecule has 162 valence electrons. The number of nitrogens with zero attached hydrogens (tertiary/aromatic N) is 1. The van der Waals surface area contributed by atoms with Crippen LogP contribution in [0.2, 0.25) is 0 Å². The molecule has 0 fully saturated rings. The normalized spacial score (nSPS) is 12.2. The molecule has 2 rings (SSSR count). The van der Waals surface area contributed by atoms with Crippen molar-refractivity contribution >= 4 is 11.8 Å². The van der Waals surface area contributed by atoms with E-state index in [9.17, 15) is 9.59 Å². The van der Waals surface area contributed by atoms with E-state index < -0.39 is 6.04 Å². The molecule has 0 heterocycles. The lowest BCUT2D eigenvalue weighted by Crippen LogP contribution is -2.53. The molecule has 1 N–H and O–H groups in total. The molecule has 0 spiro atoms. The predicted molar refractivity (Wildman–Crippen MR) is 120 cm³/mol. The number of methoxy groups -OCH3 is 1. The standard InChI is InChI=1S/C25H34N2O3/c1-7-22(24(29)26-25(3,4)5)27(17-19-11-13-21(30-6)14-12-19)23(28)16-20-10-8-9-18(2)15-20/h8-15,22H,7,16-17H2,1-6H3,(H,26,29)/t22-/m0/s1. The van der Waals surface area contributed by atoms with Crippen LogP contribution in [0.5, 0.6) is 5.75 Å². The van der Waals surface area contributed by atoms with Crippen LogP contribution in [0.4, 0.5) is 0 Å². The Hall–Kier alpha value is -2.82. The lowest BCUT2D eigenvalue weighted by molar-refractivity contribution is -0.141. The molecule has 0 saturated heterocycles. The highest BCUT2D eigenvalue weighted by molar-refractivity contribution is 5.88. The lowest BCUT2D eigenvalue weighted by Gasteiger charge is -2.33. The van der Waals surface area contributed by atoms with Gasteiger partial charge in [0.1, 0.15) is 11.8 Å². The van der Waals surface area contributed by atoms with Crippen LogP contribution in [0.1, 0.15) is 50.8 Å². The van der Waals surface area contributed by atoms with E-state index in [4.69, 9.17) is 4.74 Å². The van der Waals surface area contributed by atoms with Crippen LogP contribution >= 0.6 is 0 Å². The Bertz CT molecular complexity index is 853. The van der Waals surface area contributed by atoms with Crippen molar-refractivity contribution in [3.8, 4) is 5.75 Å². The van der Waals surface area contributed by atoms with E-state index in [1.54, 1.807) is 12.0 Å². The average Bonchev–Trinajstić information content (AvgIpc) is 2.67. The van der Waals surface area contributed by atoms with E-state index in [0.717, 1.165) is 22.4 Å². The van der Waals surface area contributed by atoms with Gasteiger partial charge in [0, 0.05) is 12.1 Å². The van der Waals surface area contributed by atoms with E-state index in [1.165, 1.54) is 0 Å². The minimum atomic E-state index is -0.538. The van der Waals surface area contributed by atoms with Gasteiger partial charge in [-0.2, -0.15) is 0 Å². The van der Waals surface area contributed by atoms with Crippen LogP contribution in [0.15, 0.2) is 48.5 Å². The number of nitrogens with one attached hydrogen (secondary N) is 1. The molecule has 2 amide bonds. The summed E-state index contributed by atoms with van der Waals surface area (Å²) in [5.74, 6) is 0.567. The van der Waals surface area contributed by atoms with Crippen LogP contribution in [-0.4, -0.2) is 35.4 Å². The Morgan fingerprint density at radius 3 is 2.27 bits per heavy atom. The molecule has 0 saturated carbocycles. The van der Waals surface area contributed by atoms with E-state index in [2.05, 4.69) is 5.32 Å². The summed E-state index contributed by atoms with van der Waals surface area (Å²) in [5.41, 5.74) is 2.65. The second-order valence-electron chi connectivity index (χ2n) is 8.70. The fourth-order valence-corrected chi connectivity index (χ4v) is 3.40. The van der Waals surface area contributed by atoms with Crippen molar-refractivity contribution in [3.05, 3.63) is 65.2 Å². The Balaban J connectivity index is 2.31. The van der Waals surface area contributed by atoms with E-state index >= 15 is 0 Å². The number of aryl methyl sites for hydroxylation is 1. The predicted octanol–water partition coefficient (Wildman–Crippen LogP) is 4.27. The van der Waals surface area contributed by atoms with Crippen molar-refractivity contribution in [1.29, 1.82) is 0 Å². The van der Waals surface area contributed by atoms with E-state index in [-0.39, 0.29) is 23.8 Å². The fourth-order valence-electron chi connectivity index (χ4n) is 3.40. The second-order valence-corrected chi connectivity index (χ2v) is 8.70. The first-order chi connectivity index (χ1) is 14.1. The van der Waals surface area contributed by atoms with Gasteiger partial charge in [0.05, 0.1) is 13.5 Å². The maximum atomic E-state index is 13.3. The number of carbonyl (C=O) groups is 2. The number of hydrogen-bond acceptors (Lipinski definition) is 3. The quantitative estimate of drug-likeness (QED) is 0.707. The molecular weight excluding hydrogens is 376 g/mol. The molecule has 2 aromatic carbocycles. The SMILES string of the molecule is CC[C@@H](C(=O)NC(C)(C)C)N(Cc1ccc(OC)cc1)C(=O)Cc1cccc(C)c1. The van der Waals surface area contributed by atoms with Crippen molar-refractivity contribution in [3.63, 3.8) is 0 Å². The number of hydrogen-bond donors (Lipinski definition) is 1. The van der Waals surface area contributed by atoms with E-state index in [0.29, 0.717) is 13.0 Å². The van der Waals surface area contributed by atoms with Gasteiger partial charge in [0.2, 0.25) is 11.8 Å². The summed E-state index contributed by atoms with van der Waals surface area (Å²) in [6.45, 7) is 10.1. The molecular formula is C25H34N2O3. The summed E-state index contributed by atoms with van der Waals surface area (Å²) in [6.07, 6.45) is 0.800. The van der Waals surface area contributed by atoms with Gasteiger partial charge in [-0.3, -0.25) is 9.59 Å². The minimum Gasteiger partial charge on any atom is -0.497 e. The first-order valence-corrected chi connectivity index (χ1v) is 10.4. The van der Waals surface area contributed by atoms with Crippen LogP contribution < -0.4 is 10.1 Å². The van der Waals surface area contributed by atoms with Crippen LogP contribution in [0.3, 0.4) is 0 Å². The first kappa shape index (κ1) is 23.5. The van der Waals surface area contributed by atoms with Gasteiger partial charge in [0.25, 0.3) is 0 Å². The molecule has 0 aliphatic rings.